The summed E-state index contributed by atoms with van der Waals surface area (Å²) in [6, 6.07) is 1.30. The summed E-state index contributed by atoms with van der Waals surface area (Å²) >= 11 is 0. The first kappa shape index (κ1) is 12.9. The minimum Gasteiger partial charge on any atom is -0.242 e. The molecule has 13 heavy (non-hydrogen) atoms. The maximum Gasteiger partial charge on any atom is 0.101 e. The summed E-state index contributed by atoms with van der Waals surface area (Å²) < 4.78 is 1.04. The van der Waals surface area contributed by atoms with Crippen LogP contribution in [0.25, 0.3) is 0 Å². The van der Waals surface area contributed by atoms with E-state index in [9.17, 15) is 0 Å². The molecule has 0 atom stereocenters. The average Bonchev–Trinajstić information content (AvgIpc) is 2.05. The van der Waals surface area contributed by atoms with Crippen molar-refractivity contribution in [2.45, 2.75) is 60.0 Å². The van der Waals surface area contributed by atoms with Gasteiger partial charge in [-0.15, -0.1) is 0 Å². The Kier molecular flexibility index (Phi) is 5.57. The molecule has 0 aromatic rings. The van der Waals surface area contributed by atoms with Gasteiger partial charge in [-0.25, -0.2) is 4.59 Å². The van der Waals surface area contributed by atoms with Gasteiger partial charge in [0.25, 0.3) is 0 Å². The van der Waals surface area contributed by atoms with Crippen LogP contribution < -0.4 is 5.43 Å². The maximum absolute atomic E-state index is 3.67. The van der Waals surface area contributed by atoms with Crippen molar-refractivity contribution in [3.05, 3.63) is 0 Å². The number of nitrogens with zero attached hydrogens (tertiary/aromatic N) is 1. The van der Waals surface area contributed by atoms with E-state index < -0.39 is 0 Å². The van der Waals surface area contributed by atoms with Crippen molar-refractivity contribution in [2.75, 3.05) is 13.1 Å². The number of rotatable bonds is 6. The van der Waals surface area contributed by atoms with E-state index in [2.05, 4.69) is 47.0 Å². The predicted molar refractivity (Wildman–Crippen MR) is 59.4 cm³/mol. The Hall–Kier alpha value is -0.0800. The second kappa shape index (κ2) is 5.61. The van der Waals surface area contributed by atoms with Crippen molar-refractivity contribution in [1.29, 1.82) is 0 Å². The molecule has 0 saturated heterocycles. The third-order valence-electron chi connectivity index (χ3n) is 3.02. The monoisotopic (exact) mass is 187 g/mol. The van der Waals surface area contributed by atoms with Crippen LogP contribution in [0, 0.1) is 0 Å². The highest BCUT2D eigenvalue weighted by Gasteiger charge is 2.32. The second-order valence-electron chi connectivity index (χ2n) is 4.34. The first-order valence-electron chi connectivity index (χ1n) is 5.63. The lowest BCUT2D eigenvalue weighted by Crippen LogP contribution is -2.65. The fraction of sp³-hybridized carbons (Fsp3) is 1.00. The van der Waals surface area contributed by atoms with Gasteiger partial charge in [0.1, 0.15) is 12.1 Å². The Morgan fingerprint density at radius 1 is 1.00 bits per heavy atom. The van der Waals surface area contributed by atoms with E-state index in [0.717, 1.165) is 17.7 Å². The zero-order valence-corrected chi connectivity index (χ0v) is 10.2. The van der Waals surface area contributed by atoms with Crippen molar-refractivity contribution >= 4 is 0 Å². The standard InChI is InChI=1S/C11H27N2/c1-7-9-12-13(8-2,10(3)4)11(5)6/h10-12H,7-9H2,1-6H3/q+1. The lowest BCUT2D eigenvalue weighted by atomic mass is 10.2. The Bertz CT molecular complexity index is 122. The van der Waals surface area contributed by atoms with Crippen molar-refractivity contribution < 1.29 is 4.59 Å². The fourth-order valence-electron chi connectivity index (χ4n) is 2.12. The third kappa shape index (κ3) is 2.96. The van der Waals surface area contributed by atoms with Gasteiger partial charge in [0, 0.05) is 6.54 Å². The number of nitrogens with one attached hydrogen (secondary N) is 1. The van der Waals surface area contributed by atoms with Crippen LogP contribution in [0.4, 0.5) is 0 Å². The predicted octanol–water partition coefficient (Wildman–Crippen LogP) is 2.55. The summed E-state index contributed by atoms with van der Waals surface area (Å²) in [5.74, 6) is 0. The highest BCUT2D eigenvalue weighted by Crippen LogP contribution is 2.15. The van der Waals surface area contributed by atoms with Gasteiger partial charge in [-0.05, 0) is 41.0 Å². The van der Waals surface area contributed by atoms with Gasteiger partial charge in [0.2, 0.25) is 0 Å². The SMILES string of the molecule is CCCN[N+](CC)(C(C)C)C(C)C. The molecule has 0 heterocycles. The first-order chi connectivity index (χ1) is 6.01. The number of quaternary nitrogens is 1. The molecule has 0 aromatic carbocycles. The Morgan fingerprint density at radius 2 is 1.46 bits per heavy atom. The Labute approximate surface area is 83.9 Å². The molecule has 2 nitrogen and oxygen atoms in total. The molecule has 0 rings (SSSR count). The molecule has 0 aliphatic rings. The normalized spacial score (nSPS) is 12.9. The van der Waals surface area contributed by atoms with Crippen molar-refractivity contribution in [3.8, 4) is 0 Å². The molecule has 0 aromatic heterocycles. The van der Waals surface area contributed by atoms with Crippen molar-refractivity contribution in [3.63, 3.8) is 0 Å². The molecule has 1 N–H and O–H groups in total. The second-order valence-corrected chi connectivity index (χ2v) is 4.34. The number of hydrogen-bond donors (Lipinski definition) is 1. The summed E-state index contributed by atoms with van der Waals surface area (Å²) in [5.41, 5.74) is 3.67. The third-order valence-corrected chi connectivity index (χ3v) is 3.02. The summed E-state index contributed by atoms with van der Waals surface area (Å²) in [6.07, 6.45) is 1.21. The van der Waals surface area contributed by atoms with E-state index in [1.165, 1.54) is 6.42 Å². The van der Waals surface area contributed by atoms with E-state index in [1.807, 2.05) is 0 Å². The Morgan fingerprint density at radius 3 is 1.69 bits per heavy atom. The lowest BCUT2D eigenvalue weighted by molar-refractivity contribution is -1.00. The molecule has 0 aliphatic heterocycles. The molecule has 0 amide bonds. The van der Waals surface area contributed by atoms with Crippen molar-refractivity contribution in [1.82, 2.24) is 5.43 Å². The summed E-state index contributed by atoms with van der Waals surface area (Å²) in [6.45, 7) is 16.0. The molecule has 0 radical (unpaired) electrons. The summed E-state index contributed by atoms with van der Waals surface area (Å²) in [7, 11) is 0. The molecule has 0 bridgehead atoms. The highest BCUT2D eigenvalue weighted by molar-refractivity contribution is 4.49. The van der Waals surface area contributed by atoms with Gasteiger partial charge in [-0.1, -0.05) is 6.92 Å². The topological polar surface area (TPSA) is 12.0 Å². The molecule has 0 aliphatic carbocycles. The zero-order chi connectivity index (χ0) is 10.5. The van der Waals surface area contributed by atoms with E-state index in [-0.39, 0.29) is 0 Å². The number of hydrogen-bond acceptors (Lipinski definition) is 1. The van der Waals surface area contributed by atoms with Crippen LogP contribution in [-0.2, 0) is 0 Å². The largest absolute Gasteiger partial charge is 0.242 e. The molecule has 0 spiro atoms. The van der Waals surface area contributed by atoms with Gasteiger partial charge in [0.15, 0.2) is 0 Å². The quantitative estimate of drug-likeness (QED) is 0.498. The molecule has 0 fully saturated rings. The van der Waals surface area contributed by atoms with Gasteiger partial charge in [0.05, 0.1) is 6.54 Å². The van der Waals surface area contributed by atoms with E-state index >= 15 is 0 Å². The lowest BCUT2D eigenvalue weighted by Gasteiger charge is -2.44. The van der Waals surface area contributed by atoms with Crippen LogP contribution in [0.1, 0.15) is 48.0 Å². The molecule has 80 valence electrons. The van der Waals surface area contributed by atoms with E-state index in [4.69, 9.17) is 0 Å². The average molecular weight is 187 g/mol. The van der Waals surface area contributed by atoms with E-state index in [1.54, 1.807) is 0 Å². The van der Waals surface area contributed by atoms with Crippen LogP contribution in [0.5, 0.6) is 0 Å². The zero-order valence-electron chi connectivity index (χ0n) is 10.2. The molecule has 2 heteroatoms. The molecular formula is C11H27N2+. The minimum atomic E-state index is 0.650. The van der Waals surface area contributed by atoms with Gasteiger partial charge >= 0.3 is 0 Å². The molecular weight excluding hydrogens is 160 g/mol. The van der Waals surface area contributed by atoms with Crippen LogP contribution in [0.3, 0.4) is 0 Å². The van der Waals surface area contributed by atoms with Gasteiger partial charge in [-0.2, -0.15) is 5.43 Å². The highest BCUT2D eigenvalue weighted by atomic mass is 15.7. The first-order valence-corrected chi connectivity index (χ1v) is 5.63. The minimum absolute atomic E-state index is 0.650. The summed E-state index contributed by atoms with van der Waals surface area (Å²) in [5, 5.41) is 0. The summed E-state index contributed by atoms with van der Waals surface area (Å²) in [4.78, 5) is 0. The Balaban J connectivity index is 4.45. The van der Waals surface area contributed by atoms with Gasteiger partial charge in [-0.3, -0.25) is 0 Å². The van der Waals surface area contributed by atoms with Crippen LogP contribution >= 0.6 is 0 Å². The van der Waals surface area contributed by atoms with Crippen LogP contribution in [0.15, 0.2) is 0 Å². The molecule has 0 unspecified atom stereocenters. The van der Waals surface area contributed by atoms with E-state index in [0.29, 0.717) is 12.1 Å². The fourth-order valence-corrected chi connectivity index (χ4v) is 2.12. The molecule has 0 saturated carbocycles. The van der Waals surface area contributed by atoms with Gasteiger partial charge < -0.3 is 0 Å². The maximum atomic E-state index is 3.67. The van der Waals surface area contributed by atoms with Crippen LogP contribution in [0.2, 0.25) is 0 Å². The van der Waals surface area contributed by atoms with Crippen molar-refractivity contribution in [2.24, 2.45) is 0 Å². The van der Waals surface area contributed by atoms with Crippen LogP contribution in [-0.4, -0.2) is 29.8 Å². The smallest absolute Gasteiger partial charge is 0.101 e.